The molecule has 0 aliphatic carbocycles. The number of rotatable bonds is 4. The summed E-state index contributed by atoms with van der Waals surface area (Å²) in [5.41, 5.74) is 0.840. The minimum Gasteiger partial charge on any atom is -0.334 e. The van der Waals surface area contributed by atoms with Crippen LogP contribution >= 0.6 is 22.7 Å². The van der Waals surface area contributed by atoms with Crippen molar-refractivity contribution < 1.29 is 13.2 Å². The van der Waals surface area contributed by atoms with Crippen LogP contribution in [0.1, 0.15) is 28.2 Å². The molecule has 0 fully saturated rings. The minimum absolute atomic E-state index is 0.0551. The molecule has 0 radical (unpaired) electrons. The first-order valence-electron chi connectivity index (χ1n) is 8.56. The van der Waals surface area contributed by atoms with E-state index in [1.54, 1.807) is 35.4 Å². The van der Waals surface area contributed by atoms with Crippen molar-refractivity contribution in [1.82, 2.24) is 4.90 Å². The Bertz CT molecular complexity index is 1290. The molecular weight excluding hydrogens is 412 g/mol. The van der Waals surface area contributed by atoms with Gasteiger partial charge in [-0.3, -0.25) is 4.79 Å². The van der Waals surface area contributed by atoms with Crippen LogP contribution in [0.15, 0.2) is 59.5 Å². The summed E-state index contributed by atoms with van der Waals surface area (Å²) in [6.07, 6.45) is 0. The molecule has 1 atom stereocenters. The molecule has 28 heavy (non-hydrogen) atoms. The Kier molecular flexibility index (Phi) is 4.75. The van der Waals surface area contributed by atoms with Gasteiger partial charge in [-0.05, 0) is 36.8 Å². The van der Waals surface area contributed by atoms with Crippen molar-refractivity contribution in [3.05, 3.63) is 65.0 Å². The van der Waals surface area contributed by atoms with E-state index in [1.165, 1.54) is 33.6 Å². The van der Waals surface area contributed by atoms with Crippen LogP contribution in [-0.4, -0.2) is 26.3 Å². The Morgan fingerprint density at radius 3 is 2.39 bits per heavy atom. The van der Waals surface area contributed by atoms with Crippen LogP contribution in [0, 0.1) is 0 Å². The van der Waals surface area contributed by atoms with Crippen LogP contribution in [-0.2, 0) is 10.0 Å². The van der Waals surface area contributed by atoms with Crippen LogP contribution in [0.2, 0.25) is 0 Å². The molecule has 1 amide bonds. The van der Waals surface area contributed by atoms with Gasteiger partial charge in [0.1, 0.15) is 0 Å². The lowest BCUT2D eigenvalue weighted by atomic mass is 10.1. The standard InChI is InChI=1S/C20H18N2O3S3/c1-12(13-7-9-14(10-8-13)28(21,24)25)22(2)20(23)18-11-17-19(27-18)15-5-3-4-6-16(15)26-17/h3-12H,1-2H3,(H2,21,24,25)/t12-/m1/s1. The second kappa shape index (κ2) is 6.97. The molecular formula is C20H18N2O3S3. The second-order valence-electron chi connectivity index (χ2n) is 6.61. The van der Waals surface area contributed by atoms with Crippen molar-refractivity contribution in [2.75, 3.05) is 7.05 Å². The Balaban J connectivity index is 1.61. The van der Waals surface area contributed by atoms with Crippen LogP contribution < -0.4 is 5.14 Å². The van der Waals surface area contributed by atoms with E-state index in [2.05, 4.69) is 12.1 Å². The van der Waals surface area contributed by atoms with Gasteiger partial charge in [0, 0.05) is 21.8 Å². The fraction of sp³-hybridized carbons (Fsp3) is 0.150. The maximum atomic E-state index is 13.0. The number of thiophene rings is 2. The summed E-state index contributed by atoms with van der Waals surface area (Å²) in [6, 6.07) is 16.3. The molecule has 0 bridgehead atoms. The smallest absolute Gasteiger partial charge is 0.264 e. The first-order valence-corrected chi connectivity index (χ1v) is 11.7. The van der Waals surface area contributed by atoms with Gasteiger partial charge in [-0.1, -0.05) is 30.3 Å². The molecule has 0 aliphatic heterocycles. The molecule has 144 valence electrons. The number of nitrogens with two attached hydrogens (primary N) is 1. The van der Waals surface area contributed by atoms with E-state index in [-0.39, 0.29) is 16.8 Å². The molecule has 0 saturated carbocycles. The molecule has 5 nitrogen and oxygen atoms in total. The topological polar surface area (TPSA) is 80.5 Å². The quantitative estimate of drug-likeness (QED) is 0.514. The minimum atomic E-state index is -3.73. The van der Waals surface area contributed by atoms with Crippen molar-refractivity contribution in [2.45, 2.75) is 17.9 Å². The van der Waals surface area contributed by atoms with Crippen molar-refractivity contribution in [3.8, 4) is 0 Å². The molecule has 0 saturated heterocycles. The summed E-state index contributed by atoms with van der Waals surface area (Å²) in [6.45, 7) is 1.91. The lowest BCUT2D eigenvalue weighted by Gasteiger charge is -2.25. The third-order valence-electron chi connectivity index (χ3n) is 4.85. The molecule has 2 aromatic heterocycles. The van der Waals surface area contributed by atoms with Crippen LogP contribution in [0.3, 0.4) is 0 Å². The Morgan fingerprint density at radius 1 is 1.04 bits per heavy atom. The number of nitrogens with zero attached hydrogens (tertiary/aromatic N) is 1. The number of fused-ring (bicyclic) bond motifs is 3. The predicted molar refractivity (Wildman–Crippen MR) is 116 cm³/mol. The highest BCUT2D eigenvalue weighted by molar-refractivity contribution is 7.89. The maximum Gasteiger partial charge on any atom is 0.264 e. The third kappa shape index (κ3) is 3.33. The van der Waals surface area contributed by atoms with E-state index >= 15 is 0 Å². The van der Waals surface area contributed by atoms with E-state index in [1.807, 2.05) is 25.1 Å². The molecule has 2 heterocycles. The highest BCUT2D eigenvalue weighted by Gasteiger charge is 2.22. The summed E-state index contributed by atoms with van der Waals surface area (Å²) in [4.78, 5) is 15.4. The van der Waals surface area contributed by atoms with Crippen molar-refractivity contribution >= 4 is 58.1 Å². The van der Waals surface area contributed by atoms with Crippen molar-refractivity contribution in [3.63, 3.8) is 0 Å². The summed E-state index contributed by atoms with van der Waals surface area (Å²) < 4.78 is 26.3. The Labute approximate surface area is 171 Å². The fourth-order valence-electron chi connectivity index (χ4n) is 3.11. The second-order valence-corrected chi connectivity index (χ2v) is 10.3. The Hall–Kier alpha value is -2.26. The number of sulfonamides is 1. The molecule has 8 heteroatoms. The zero-order chi connectivity index (χ0) is 20.1. The van der Waals surface area contributed by atoms with Gasteiger partial charge in [0.15, 0.2) is 0 Å². The molecule has 4 aromatic rings. The predicted octanol–water partition coefficient (Wildman–Crippen LogP) is 4.60. The molecule has 2 N–H and O–H groups in total. The summed E-state index contributed by atoms with van der Waals surface area (Å²) in [5.74, 6) is -0.0551. The van der Waals surface area contributed by atoms with Gasteiger partial charge < -0.3 is 4.90 Å². The van der Waals surface area contributed by atoms with E-state index in [0.29, 0.717) is 4.88 Å². The SMILES string of the molecule is C[C@H](c1ccc(S(N)(=O)=O)cc1)N(C)C(=O)c1cc2sc3ccccc3c2s1. The zero-order valence-electron chi connectivity index (χ0n) is 15.2. The van der Waals surface area contributed by atoms with E-state index in [9.17, 15) is 13.2 Å². The summed E-state index contributed by atoms with van der Waals surface area (Å²) in [5, 5.41) is 6.32. The maximum absolute atomic E-state index is 13.0. The van der Waals surface area contributed by atoms with E-state index in [0.717, 1.165) is 15.0 Å². The number of hydrogen-bond donors (Lipinski definition) is 1. The number of carbonyl (C=O) groups excluding carboxylic acids is 1. The van der Waals surface area contributed by atoms with Crippen molar-refractivity contribution in [1.29, 1.82) is 0 Å². The number of primary sulfonamides is 1. The van der Waals surface area contributed by atoms with Gasteiger partial charge in [0.05, 0.1) is 20.5 Å². The summed E-state index contributed by atoms with van der Waals surface area (Å²) >= 11 is 3.20. The molecule has 0 spiro atoms. The van der Waals surface area contributed by atoms with E-state index in [4.69, 9.17) is 5.14 Å². The highest BCUT2D eigenvalue weighted by Crippen LogP contribution is 2.40. The van der Waals surface area contributed by atoms with Crippen LogP contribution in [0.4, 0.5) is 0 Å². The van der Waals surface area contributed by atoms with Gasteiger partial charge >= 0.3 is 0 Å². The monoisotopic (exact) mass is 430 g/mol. The van der Waals surface area contributed by atoms with Crippen LogP contribution in [0.5, 0.6) is 0 Å². The normalized spacial score (nSPS) is 13.1. The fourth-order valence-corrected chi connectivity index (χ4v) is 6.14. The molecule has 2 aromatic carbocycles. The first-order chi connectivity index (χ1) is 13.3. The number of hydrogen-bond acceptors (Lipinski definition) is 5. The van der Waals surface area contributed by atoms with Gasteiger partial charge in [0.25, 0.3) is 5.91 Å². The van der Waals surface area contributed by atoms with E-state index < -0.39 is 10.0 Å². The lowest BCUT2D eigenvalue weighted by molar-refractivity contribution is 0.0747. The van der Waals surface area contributed by atoms with Gasteiger partial charge in [-0.2, -0.15) is 0 Å². The summed E-state index contributed by atoms with van der Waals surface area (Å²) in [7, 11) is -1.97. The van der Waals surface area contributed by atoms with Gasteiger partial charge in [-0.15, -0.1) is 22.7 Å². The molecule has 0 unspecified atom stereocenters. The lowest BCUT2D eigenvalue weighted by Crippen LogP contribution is -2.29. The highest BCUT2D eigenvalue weighted by atomic mass is 32.2. The van der Waals surface area contributed by atoms with Crippen LogP contribution in [0.25, 0.3) is 19.5 Å². The average Bonchev–Trinajstić information content (AvgIpc) is 3.23. The Morgan fingerprint density at radius 2 is 1.71 bits per heavy atom. The number of amides is 1. The molecule has 0 aliphatic rings. The number of benzene rings is 2. The molecule has 4 rings (SSSR count). The van der Waals surface area contributed by atoms with Crippen molar-refractivity contribution in [2.24, 2.45) is 5.14 Å². The zero-order valence-corrected chi connectivity index (χ0v) is 17.7. The average molecular weight is 431 g/mol. The van der Waals surface area contributed by atoms with Gasteiger partial charge in [-0.25, -0.2) is 13.6 Å². The largest absolute Gasteiger partial charge is 0.334 e. The third-order valence-corrected chi connectivity index (χ3v) is 8.19. The first kappa shape index (κ1) is 19.1. The number of carbonyl (C=O) groups is 1. The van der Waals surface area contributed by atoms with Gasteiger partial charge in [0.2, 0.25) is 10.0 Å².